The molecule has 0 atom stereocenters. The molecule has 3 aromatic carbocycles. The van der Waals surface area contributed by atoms with E-state index in [1.807, 2.05) is 55.5 Å². The standard InChI is InChI=1S/C17H18O3.C15H18O3/c1-12(2)14-9-7-13(8-10-14)11-20-17(19)15-5-3-4-6-16(15)18;1-12(2)10-11-18-15(16)9-6-13-4-7-14(17-3)8-5-13/h3-10,12,18H,11H2,1-2H3;4-9H,1,10-11H2,2-3H3. The number of carbonyl (C=O) groups is 2. The van der Waals surface area contributed by atoms with Crippen LogP contribution in [-0.2, 0) is 20.9 Å². The van der Waals surface area contributed by atoms with Crippen LogP contribution in [0.2, 0.25) is 0 Å². The fourth-order valence-electron chi connectivity index (χ4n) is 3.12. The molecule has 6 heteroatoms. The number of para-hydroxylation sites is 1. The molecule has 0 amide bonds. The number of ether oxygens (including phenoxy) is 3. The Morgan fingerprint density at radius 3 is 2.18 bits per heavy atom. The summed E-state index contributed by atoms with van der Waals surface area (Å²) in [6.45, 7) is 10.5. The summed E-state index contributed by atoms with van der Waals surface area (Å²) < 4.78 is 15.3. The molecule has 0 aliphatic carbocycles. The number of carbonyl (C=O) groups excluding carboxylic acids is 2. The van der Waals surface area contributed by atoms with Crippen molar-refractivity contribution in [2.45, 2.75) is 39.7 Å². The minimum Gasteiger partial charge on any atom is -0.507 e. The van der Waals surface area contributed by atoms with Crippen molar-refractivity contribution in [2.75, 3.05) is 13.7 Å². The zero-order chi connectivity index (χ0) is 27.9. The first-order valence-corrected chi connectivity index (χ1v) is 12.4. The molecule has 0 spiro atoms. The summed E-state index contributed by atoms with van der Waals surface area (Å²) in [6, 6.07) is 21.8. The van der Waals surface area contributed by atoms with Gasteiger partial charge in [-0.1, -0.05) is 68.0 Å². The van der Waals surface area contributed by atoms with Gasteiger partial charge in [-0.05, 0) is 59.9 Å². The molecule has 1 N–H and O–H groups in total. The van der Waals surface area contributed by atoms with Gasteiger partial charge < -0.3 is 19.3 Å². The van der Waals surface area contributed by atoms with Gasteiger partial charge in [-0.2, -0.15) is 0 Å². The van der Waals surface area contributed by atoms with Crippen LogP contribution in [-0.4, -0.2) is 30.8 Å². The topological polar surface area (TPSA) is 82.1 Å². The number of hydrogen-bond donors (Lipinski definition) is 1. The fourth-order valence-corrected chi connectivity index (χ4v) is 3.12. The summed E-state index contributed by atoms with van der Waals surface area (Å²) in [7, 11) is 1.61. The summed E-state index contributed by atoms with van der Waals surface area (Å²) in [5.74, 6) is 0.347. The van der Waals surface area contributed by atoms with E-state index in [0.717, 1.165) is 22.4 Å². The van der Waals surface area contributed by atoms with Gasteiger partial charge in [-0.15, -0.1) is 6.58 Å². The van der Waals surface area contributed by atoms with E-state index >= 15 is 0 Å². The van der Waals surface area contributed by atoms with Crippen LogP contribution in [0.15, 0.2) is 91.0 Å². The van der Waals surface area contributed by atoms with Gasteiger partial charge in [0.25, 0.3) is 0 Å². The van der Waals surface area contributed by atoms with Crippen molar-refractivity contribution in [3.63, 3.8) is 0 Å². The minimum absolute atomic E-state index is 0.0624. The lowest BCUT2D eigenvalue weighted by Crippen LogP contribution is -2.05. The number of esters is 2. The number of hydrogen-bond acceptors (Lipinski definition) is 6. The lowest BCUT2D eigenvalue weighted by atomic mass is 10.0. The molecule has 0 radical (unpaired) electrons. The average molecular weight is 517 g/mol. The fraction of sp³-hybridized carbons (Fsp3) is 0.250. The first kappa shape index (κ1) is 29.9. The highest BCUT2D eigenvalue weighted by atomic mass is 16.5. The van der Waals surface area contributed by atoms with Crippen LogP contribution in [0.4, 0.5) is 0 Å². The zero-order valence-electron chi connectivity index (χ0n) is 22.5. The molecular weight excluding hydrogens is 480 g/mol. The van der Waals surface area contributed by atoms with E-state index in [-0.39, 0.29) is 23.9 Å². The molecule has 0 unspecified atom stereocenters. The molecule has 200 valence electrons. The largest absolute Gasteiger partial charge is 0.507 e. The molecule has 3 rings (SSSR count). The molecule has 38 heavy (non-hydrogen) atoms. The lowest BCUT2D eigenvalue weighted by Gasteiger charge is -2.08. The summed E-state index contributed by atoms with van der Waals surface area (Å²) >= 11 is 0. The average Bonchev–Trinajstić information content (AvgIpc) is 2.91. The predicted molar refractivity (Wildman–Crippen MR) is 150 cm³/mol. The highest BCUT2D eigenvalue weighted by Gasteiger charge is 2.11. The van der Waals surface area contributed by atoms with Crippen molar-refractivity contribution >= 4 is 18.0 Å². The van der Waals surface area contributed by atoms with Crippen LogP contribution < -0.4 is 4.74 Å². The minimum atomic E-state index is -0.518. The zero-order valence-corrected chi connectivity index (χ0v) is 22.5. The van der Waals surface area contributed by atoms with E-state index in [4.69, 9.17) is 14.2 Å². The predicted octanol–water partition coefficient (Wildman–Crippen LogP) is 7.09. The second-order valence-corrected chi connectivity index (χ2v) is 8.97. The Labute approximate surface area is 225 Å². The van der Waals surface area contributed by atoms with Gasteiger partial charge in [0.2, 0.25) is 0 Å². The van der Waals surface area contributed by atoms with Crippen molar-refractivity contribution in [3.05, 3.63) is 113 Å². The van der Waals surface area contributed by atoms with Gasteiger partial charge >= 0.3 is 11.9 Å². The molecule has 6 nitrogen and oxygen atoms in total. The highest BCUT2D eigenvalue weighted by Crippen LogP contribution is 2.19. The smallest absolute Gasteiger partial charge is 0.342 e. The van der Waals surface area contributed by atoms with Crippen molar-refractivity contribution in [2.24, 2.45) is 0 Å². The molecular formula is C32H36O6. The number of rotatable bonds is 10. The number of phenolic OH excluding ortho intramolecular Hbond substituents is 1. The molecule has 3 aromatic rings. The quantitative estimate of drug-likeness (QED) is 0.176. The normalized spacial score (nSPS) is 10.4. The summed E-state index contributed by atoms with van der Waals surface area (Å²) in [4.78, 5) is 23.2. The van der Waals surface area contributed by atoms with Gasteiger partial charge in [-0.25, -0.2) is 9.59 Å². The van der Waals surface area contributed by atoms with Crippen molar-refractivity contribution in [1.29, 1.82) is 0 Å². The molecule has 0 aromatic heterocycles. The molecule has 0 fully saturated rings. The SMILES string of the molecule is C=C(C)CCOC(=O)C=Cc1ccc(OC)cc1.CC(C)c1ccc(COC(=O)c2ccccc2O)cc1. The van der Waals surface area contributed by atoms with Gasteiger partial charge in [0.1, 0.15) is 23.7 Å². The van der Waals surface area contributed by atoms with Gasteiger partial charge in [0.15, 0.2) is 0 Å². The third kappa shape index (κ3) is 10.7. The van der Waals surface area contributed by atoms with Crippen LogP contribution >= 0.6 is 0 Å². The van der Waals surface area contributed by atoms with E-state index in [0.29, 0.717) is 18.9 Å². The first-order chi connectivity index (χ1) is 18.2. The highest BCUT2D eigenvalue weighted by molar-refractivity contribution is 5.92. The molecule has 0 heterocycles. The Morgan fingerprint density at radius 2 is 1.61 bits per heavy atom. The number of phenols is 1. The van der Waals surface area contributed by atoms with Gasteiger partial charge in [0, 0.05) is 12.5 Å². The Balaban J connectivity index is 0.000000269. The Hall–Kier alpha value is -4.32. The van der Waals surface area contributed by atoms with E-state index in [1.165, 1.54) is 17.7 Å². The Bertz CT molecular complexity index is 1210. The number of aromatic hydroxyl groups is 1. The Morgan fingerprint density at radius 1 is 0.947 bits per heavy atom. The van der Waals surface area contributed by atoms with E-state index in [9.17, 15) is 14.7 Å². The summed E-state index contributed by atoms with van der Waals surface area (Å²) in [6.07, 6.45) is 3.82. The summed E-state index contributed by atoms with van der Waals surface area (Å²) in [5, 5.41) is 9.57. The van der Waals surface area contributed by atoms with Crippen molar-refractivity contribution in [1.82, 2.24) is 0 Å². The molecule has 0 aliphatic rings. The Kier molecular flexibility index (Phi) is 12.4. The van der Waals surface area contributed by atoms with Crippen LogP contribution in [0.25, 0.3) is 6.08 Å². The molecule has 0 bridgehead atoms. The first-order valence-electron chi connectivity index (χ1n) is 12.4. The second-order valence-electron chi connectivity index (χ2n) is 8.97. The molecule has 0 saturated carbocycles. The third-order valence-electron chi connectivity index (χ3n) is 5.44. The van der Waals surface area contributed by atoms with Crippen molar-refractivity contribution < 1.29 is 28.9 Å². The van der Waals surface area contributed by atoms with E-state index < -0.39 is 5.97 Å². The van der Waals surface area contributed by atoms with E-state index in [2.05, 4.69) is 20.4 Å². The van der Waals surface area contributed by atoms with Gasteiger partial charge in [0.05, 0.1) is 13.7 Å². The van der Waals surface area contributed by atoms with Crippen LogP contribution in [0.3, 0.4) is 0 Å². The summed E-state index contributed by atoms with van der Waals surface area (Å²) in [5.41, 5.74) is 4.29. The number of benzene rings is 3. The second kappa shape index (κ2) is 15.7. The monoisotopic (exact) mass is 516 g/mol. The van der Waals surface area contributed by atoms with Crippen LogP contribution in [0.1, 0.15) is 60.2 Å². The van der Waals surface area contributed by atoms with E-state index in [1.54, 1.807) is 31.4 Å². The lowest BCUT2D eigenvalue weighted by molar-refractivity contribution is -0.137. The molecule has 0 saturated heterocycles. The maximum absolute atomic E-state index is 11.8. The maximum atomic E-state index is 11.8. The van der Waals surface area contributed by atoms with Crippen LogP contribution in [0.5, 0.6) is 11.5 Å². The number of methoxy groups -OCH3 is 1. The third-order valence-corrected chi connectivity index (χ3v) is 5.44. The maximum Gasteiger partial charge on any atom is 0.342 e. The van der Waals surface area contributed by atoms with Crippen molar-refractivity contribution in [3.8, 4) is 11.5 Å². The van der Waals surface area contributed by atoms with Crippen LogP contribution in [0, 0.1) is 0 Å². The molecule has 0 aliphatic heterocycles. The van der Waals surface area contributed by atoms with Gasteiger partial charge in [-0.3, -0.25) is 0 Å².